The first-order chi connectivity index (χ1) is 11.8. The lowest BCUT2D eigenvalue weighted by Gasteiger charge is -2.37. The number of fused-ring (bicyclic) bond motifs is 3. The summed E-state index contributed by atoms with van der Waals surface area (Å²) in [6.45, 7) is 5.84. The van der Waals surface area contributed by atoms with Crippen LogP contribution >= 0.6 is 0 Å². The van der Waals surface area contributed by atoms with Gasteiger partial charge in [0.2, 0.25) is 12.7 Å². The second-order valence-electron chi connectivity index (χ2n) is 7.66. The Morgan fingerprint density at radius 2 is 1.92 bits per heavy atom. The molecule has 2 atom stereocenters. The highest BCUT2D eigenvalue weighted by Crippen LogP contribution is 2.69. The molecule has 0 radical (unpaired) electrons. The molecular formula is C18H20N2O5. The number of anilines is 1. The predicted molar refractivity (Wildman–Crippen MR) is 89.0 cm³/mol. The first-order valence-electron chi connectivity index (χ1n) is 8.26. The van der Waals surface area contributed by atoms with Crippen molar-refractivity contribution in [1.29, 1.82) is 0 Å². The van der Waals surface area contributed by atoms with E-state index in [1.807, 2.05) is 20.8 Å². The predicted octanol–water partition coefficient (Wildman–Crippen LogP) is 2.58. The zero-order valence-corrected chi connectivity index (χ0v) is 14.4. The maximum atomic E-state index is 13.2. The van der Waals surface area contributed by atoms with Gasteiger partial charge in [0, 0.05) is 17.2 Å². The Morgan fingerprint density at radius 3 is 2.60 bits per heavy atom. The molecule has 1 aliphatic heterocycles. The van der Waals surface area contributed by atoms with E-state index in [1.165, 1.54) is 0 Å². The third kappa shape index (κ3) is 1.68. The summed E-state index contributed by atoms with van der Waals surface area (Å²) in [7, 11) is 0. The number of nitrogens with one attached hydrogen (secondary N) is 1. The molecule has 0 saturated heterocycles. The third-order valence-corrected chi connectivity index (χ3v) is 6.69. The van der Waals surface area contributed by atoms with Gasteiger partial charge < -0.3 is 20.0 Å². The Balaban J connectivity index is 1.71. The van der Waals surface area contributed by atoms with Crippen molar-refractivity contribution in [2.75, 3.05) is 12.1 Å². The van der Waals surface area contributed by atoms with E-state index < -0.39 is 16.2 Å². The van der Waals surface area contributed by atoms with Crippen LogP contribution in [0.3, 0.4) is 0 Å². The van der Waals surface area contributed by atoms with Crippen LogP contribution < -0.4 is 14.8 Å². The van der Waals surface area contributed by atoms with E-state index in [-0.39, 0.29) is 24.2 Å². The van der Waals surface area contributed by atoms with Crippen molar-refractivity contribution in [3.63, 3.8) is 0 Å². The van der Waals surface area contributed by atoms with Gasteiger partial charge >= 0.3 is 0 Å². The molecule has 2 saturated carbocycles. The summed E-state index contributed by atoms with van der Waals surface area (Å²) < 4.78 is 10.6. The SMILES string of the molecule is CC12CCC(C(=O)Nc3ccc4c(c3)OCO4)(C(=O)/C1=N\O)C2(C)C. The summed E-state index contributed by atoms with van der Waals surface area (Å²) in [6.07, 6.45) is 1.06. The zero-order chi connectivity index (χ0) is 18.0. The Hall–Kier alpha value is -2.57. The number of amides is 1. The normalized spacial score (nSPS) is 33.1. The van der Waals surface area contributed by atoms with E-state index in [2.05, 4.69) is 10.5 Å². The highest BCUT2D eigenvalue weighted by Gasteiger charge is 2.76. The molecule has 0 aromatic heterocycles. The average Bonchev–Trinajstić information content (AvgIpc) is 3.13. The van der Waals surface area contributed by atoms with Gasteiger partial charge in [-0.15, -0.1) is 0 Å². The number of rotatable bonds is 2. The Kier molecular flexibility index (Phi) is 3.02. The van der Waals surface area contributed by atoms with Crippen LogP contribution in [-0.2, 0) is 9.59 Å². The van der Waals surface area contributed by atoms with Crippen LogP contribution in [-0.4, -0.2) is 29.4 Å². The summed E-state index contributed by atoms with van der Waals surface area (Å²) in [5, 5.41) is 15.5. The second kappa shape index (κ2) is 4.74. The van der Waals surface area contributed by atoms with Gasteiger partial charge in [0.1, 0.15) is 11.1 Å². The molecule has 2 aliphatic carbocycles. The molecule has 25 heavy (non-hydrogen) atoms. The van der Waals surface area contributed by atoms with Crippen LogP contribution in [0.2, 0.25) is 0 Å². The molecule has 1 aromatic rings. The van der Waals surface area contributed by atoms with Crippen LogP contribution in [0.4, 0.5) is 5.69 Å². The number of oxime groups is 1. The summed E-state index contributed by atoms with van der Waals surface area (Å²) >= 11 is 0. The number of nitrogens with zero attached hydrogens (tertiary/aromatic N) is 1. The molecule has 1 amide bonds. The lowest BCUT2D eigenvalue weighted by atomic mass is 9.64. The quantitative estimate of drug-likeness (QED) is 0.488. The van der Waals surface area contributed by atoms with E-state index in [9.17, 15) is 14.8 Å². The first kappa shape index (κ1) is 15.9. The van der Waals surface area contributed by atoms with Crippen LogP contribution in [0.1, 0.15) is 33.6 Å². The van der Waals surface area contributed by atoms with Crippen molar-refractivity contribution >= 4 is 23.1 Å². The molecule has 7 heteroatoms. The van der Waals surface area contributed by atoms with Crippen molar-refractivity contribution in [2.45, 2.75) is 33.6 Å². The standard InChI is InChI=1S/C18H20N2O5/c1-16(2)17(3)6-7-18(16,14(21)13(17)20-23)15(22)19-10-4-5-11-12(8-10)25-9-24-11/h4-5,8,23H,6-7,9H2,1-3H3,(H,19,22)/b20-13+. The zero-order valence-electron chi connectivity index (χ0n) is 14.4. The Morgan fingerprint density at radius 1 is 1.20 bits per heavy atom. The molecule has 1 heterocycles. The van der Waals surface area contributed by atoms with Crippen molar-refractivity contribution in [3.05, 3.63) is 18.2 Å². The number of carbonyl (C=O) groups excluding carboxylic acids is 2. The molecule has 2 bridgehead atoms. The highest BCUT2D eigenvalue weighted by atomic mass is 16.7. The van der Waals surface area contributed by atoms with Crippen molar-refractivity contribution in [3.8, 4) is 11.5 Å². The van der Waals surface area contributed by atoms with E-state index in [4.69, 9.17) is 9.47 Å². The maximum Gasteiger partial charge on any atom is 0.239 e. The summed E-state index contributed by atoms with van der Waals surface area (Å²) in [5.74, 6) is 0.425. The molecular weight excluding hydrogens is 324 g/mol. The number of Topliss-reactive ketones (excluding diaryl/α,β-unsaturated/α-hetero) is 1. The lowest BCUT2D eigenvalue weighted by Crippen LogP contribution is -2.47. The topological polar surface area (TPSA) is 97.2 Å². The lowest BCUT2D eigenvalue weighted by molar-refractivity contribution is -0.140. The molecule has 2 N–H and O–H groups in total. The largest absolute Gasteiger partial charge is 0.454 e. The van der Waals surface area contributed by atoms with Gasteiger partial charge in [0.05, 0.1) is 0 Å². The Labute approximate surface area is 145 Å². The van der Waals surface area contributed by atoms with Gasteiger partial charge in [-0.05, 0) is 30.4 Å². The summed E-state index contributed by atoms with van der Waals surface area (Å²) in [6, 6.07) is 5.11. The minimum absolute atomic E-state index is 0.101. The summed E-state index contributed by atoms with van der Waals surface area (Å²) in [5.41, 5.74) is -1.87. The van der Waals surface area contributed by atoms with E-state index >= 15 is 0 Å². The van der Waals surface area contributed by atoms with E-state index in [0.29, 0.717) is 30.0 Å². The number of ketones is 1. The molecule has 1 aromatic carbocycles. The van der Waals surface area contributed by atoms with Gasteiger partial charge in [-0.3, -0.25) is 9.59 Å². The third-order valence-electron chi connectivity index (χ3n) is 6.69. The minimum Gasteiger partial charge on any atom is -0.454 e. The van der Waals surface area contributed by atoms with Crippen LogP contribution in [0.25, 0.3) is 0 Å². The first-order valence-corrected chi connectivity index (χ1v) is 8.26. The average molecular weight is 344 g/mol. The fourth-order valence-electron chi connectivity index (χ4n) is 4.67. The van der Waals surface area contributed by atoms with Gasteiger partial charge in [-0.1, -0.05) is 25.9 Å². The van der Waals surface area contributed by atoms with Crippen molar-refractivity contribution in [1.82, 2.24) is 0 Å². The number of hydrogen-bond donors (Lipinski definition) is 2. The van der Waals surface area contributed by atoms with Gasteiger partial charge in [-0.25, -0.2) is 0 Å². The maximum absolute atomic E-state index is 13.2. The van der Waals surface area contributed by atoms with Gasteiger partial charge in [0.15, 0.2) is 17.3 Å². The van der Waals surface area contributed by atoms with E-state index in [1.54, 1.807) is 18.2 Å². The second-order valence-corrected chi connectivity index (χ2v) is 7.66. The fraction of sp³-hybridized carbons (Fsp3) is 0.500. The smallest absolute Gasteiger partial charge is 0.239 e. The number of ether oxygens (including phenoxy) is 2. The van der Waals surface area contributed by atoms with Crippen LogP contribution in [0, 0.1) is 16.2 Å². The molecule has 2 unspecified atom stereocenters. The Bertz CT molecular complexity index is 831. The number of hydrogen-bond acceptors (Lipinski definition) is 6. The van der Waals surface area contributed by atoms with Crippen LogP contribution in [0.5, 0.6) is 11.5 Å². The molecule has 0 spiro atoms. The van der Waals surface area contributed by atoms with Crippen molar-refractivity contribution < 1.29 is 24.3 Å². The van der Waals surface area contributed by atoms with Gasteiger partial charge in [0.25, 0.3) is 0 Å². The van der Waals surface area contributed by atoms with E-state index in [0.717, 1.165) is 0 Å². The van der Waals surface area contributed by atoms with Crippen molar-refractivity contribution in [2.24, 2.45) is 21.4 Å². The minimum atomic E-state index is -1.24. The van der Waals surface area contributed by atoms with Gasteiger partial charge in [-0.2, -0.15) is 0 Å². The monoisotopic (exact) mass is 344 g/mol. The van der Waals surface area contributed by atoms with Crippen LogP contribution in [0.15, 0.2) is 23.4 Å². The number of benzene rings is 1. The molecule has 2 fully saturated rings. The molecule has 132 valence electrons. The molecule has 7 nitrogen and oxygen atoms in total. The molecule has 3 aliphatic rings. The highest BCUT2D eigenvalue weighted by molar-refractivity contribution is 6.51. The summed E-state index contributed by atoms with van der Waals surface area (Å²) in [4.78, 5) is 26.1. The fourth-order valence-corrected chi connectivity index (χ4v) is 4.67. The number of carbonyl (C=O) groups is 2. The molecule has 4 rings (SSSR count).